The molecule has 2 aliphatic rings. The molecule has 49 heavy (non-hydrogen) atoms. The van der Waals surface area contributed by atoms with E-state index in [0.717, 1.165) is 58.9 Å². The highest BCUT2D eigenvalue weighted by molar-refractivity contribution is 8.03. The van der Waals surface area contributed by atoms with E-state index in [1.54, 1.807) is 30.0 Å². The molecule has 0 bridgehead atoms. The standard InChI is InChI=1S/C38H46F3N3O4S/c1-8-26-18-28(45-20-30-35(44-48-36(30)27-13-14-27)29-11-9-10-12-31(29)47-38(39,40)41)15-23(6)34(26)43-37(21(2)3)49-33-17-25(19-42)16-32(24(33)7)46-22(4)5/h9-12,16-17,22-23,26-28,34,43H,8,13-15,18,20H2,1-7H3. The van der Waals surface area contributed by atoms with Gasteiger partial charge in [-0.1, -0.05) is 49.3 Å². The minimum Gasteiger partial charge on any atom is -0.491 e. The van der Waals surface area contributed by atoms with Gasteiger partial charge in [-0.3, -0.25) is 0 Å². The van der Waals surface area contributed by atoms with Gasteiger partial charge < -0.3 is 24.1 Å². The molecule has 264 valence electrons. The lowest BCUT2D eigenvalue weighted by Gasteiger charge is -2.41. The van der Waals surface area contributed by atoms with E-state index in [1.807, 2.05) is 26.8 Å². The number of alkyl halides is 3. The first-order valence-corrected chi connectivity index (χ1v) is 17.9. The molecule has 1 aromatic heterocycles. The summed E-state index contributed by atoms with van der Waals surface area (Å²) in [6.45, 7) is 14.8. The smallest absolute Gasteiger partial charge is 0.491 e. The molecule has 1 heterocycles. The first-order valence-electron chi connectivity index (χ1n) is 17.1. The average molecular weight is 698 g/mol. The molecular formula is C38H46F3N3O4S. The Labute approximate surface area is 291 Å². The van der Waals surface area contributed by atoms with E-state index in [-0.39, 0.29) is 48.0 Å². The molecule has 2 fully saturated rings. The number of para-hydroxylation sites is 1. The van der Waals surface area contributed by atoms with Crippen LogP contribution >= 0.6 is 11.8 Å². The molecule has 5 rings (SSSR count). The van der Waals surface area contributed by atoms with Gasteiger partial charge in [-0.2, -0.15) is 5.26 Å². The lowest BCUT2D eigenvalue weighted by Crippen LogP contribution is -2.47. The van der Waals surface area contributed by atoms with E-state index in [4.69, 9.17) is 14.0 Å². The second-order valence-corrected chi connectivity index (χ2v) is 14.8. The highest BCUT2D eigenvalue weighted by atomic mass is 32.2. The third kappa shape index (κ3) is 9.14. The van der Waals surface area contributed by atoms with Gasteiger partial charge in [-0.15, -0.1) is 13.2 Å². The number of allylic oxidation sites excluding steroid dienone is 1. The van der Waals surface area contributed by atoms with Crippen LogP contribution < -0.4 is 14.8 Å². The molecule has 4 atom stereocenters. The van der Waals surface area contributed by atoms with Gasteiger partial charge in [0.15, 0.2) is 0 Å². The maximum absolute atomic E-state index is 13.2. The maximum Gasteiger partial charge on any atom is 0.573 e. The van der Waals surface area contributed by atoms with Gasteiger partial charge in [0.2, 0.25) is 0 Å². The highest BCUT2D eigenvalue weighted by Crippen LogP contribution is 2.46. The number of ether oxygens (including phenoxy) is 3. The molecule has 1 N–H and O–H groups in total. The Morgan fingerprint density at radius 3 is 2.51 bits per heavy atom. The summed E-state index contributed by atoms with van der Waals surface area (Å²) in [6.07, 6.45) is -0.377. The quantitative estimate of drug-likeness (QED) is 0.177. The van der Waals surface area contributed by atoms with Crippen molar-refractivity contribution in [1.82, 2.24) is 10.5 Å². The number of nitrogens with zero attached hydrogens (tertiary/aromatic N) is 2. The summed E-state index contributed by atoms with van der Waals surface area (Å²) in [5, 5.41) is 18.9. The van der Waals surface area contributed by atoms with Crippen LogP contribution in [-0.4, -0.2) is 29.8 Å². The zero-order chi connectivity index (χ0) is 35.5. The number of aromatic nitrogens is 1. The Kier molecular flexibility index (Phi) is 11.6. The Morgan fingerprint density at radius 1 is 1.14 bits per heavy atom. The predicted octanol–water partition coefficient (Wildman–Crippen LogP) is 10.4. The molecule has 3 aromatic rings. The van der Waals surface area contributed by atoms with Gasteiger partial charge in [0.1, 0.15) is 23.0 Å². The Hall–Kier alpha value is -3.62. The van der Waals surface area contributed by atoms with Crippen LogP contribution in [0, 0.1) is 30.1 Å². The summed E-state index contributed by atoms with van der Waals surface area (Å²) in [5.41, 5.74) is 3.97. The SMILES string of the molecule is CCC1CC(OCc2c(-c3ccccc3OC(F)(F)F)noc2C2CC2)CC(C)C1NC(Sc1cc(C#N)cc(OC(C)C)c1C)=C(C)C. The number of nitriles is 1. The van der Waals surface area contributed by atoms with E-state index >= 15 is 0 Å². The van der Waals surface area contributed by atoms with Crippen molar-refractivity contribution in [3.05, 3.63) is 69.5 Å². The van der Waals surface area contributed by atoms with Crippen molar-refractivity contribution in [3.8, 4) is 28.8 Å². The topological polar surface area (TPSA) is 89.5 Å². The van der Waals surface area contributed by atoms with E-state index in [1.165, 1.54) is 12.1 Å². The molecule has 2 aromatic carbocycles. The van der Waals surface area contributed by atoms with Crippen LogP contribution in [0.4, 0.5) is 13.2 Å². The number of hydrogen-bond acceptors (Lipinski definition) is 8. The van der Waals surface area contributed by atoms with Crippen molar-refractivity contribution in [2.24, 2.45) is 11.8 Å². The van der Waals surface area contributed by atoms with Gasteiger partial charge >= 0.3 is 6.36 Å². The van der Waals surface area contributed by atoms with E-state index < -0.39 is 6.36 Å². The van der Waals surface area contributed by atoms with Crippen molar-refractivity contribution in [2.75, 3.05) is 0 Å². The van der Waals surface area contributed by atoms with Crippen LogP contribution in [-0.2, 0) is 11.3 Å². The normalized spacial score (nSPS) is 20.9. The fourth-order valence-corrected chi connectivity index (χ4v) is 7.64. The summed E-state index contributed by atoms with van der Waals surface area (Å²) < 4.78 is 62.4. The summed E-state index contributed by atoms with van der Waals surface area (Å²) in [6, 6.07) is 12.2. The Bertz CT molecular complexity index is 1690. The van der Waals surface area contributed by atoms with Crippen molar-refractivity contribution >= 4 is 11.8 Å². The maximum atomic E-state index is 13.2. The van der Waals surface area contributed by atoms with Gasteiger partial charge in [0.25, 0.3) is 0 Å². The van der Waals surface area contributed by atoms with Gasteiger partial charge in [0, 0.05) is 33.5 Å². The molecule has 2 aliphatic carbocycles. The van der Waals surface area contributed by atoms with Crippen LogP contribution in [0.25, 0.3) is 11.3 Å². The summed E-state index contributed by atoms with van der Waals surface area (Å²) in [7, 11) is 0. The second kappa shape index (κ2) is 15.5. The van der Waals surface area contributed by atoms with E-state index in [2.05, 4.69) is 49.0 Å². The monoisotopic (exact) mass is 697 g/mol. The van der Waals surface area contributed by atoms with Crippen LogP contribution in [0.5, 0.6) is 11.5 Å². The first kappa shape index (κ1) is 36.7. The minimum absolute atomic E-state index is 0.00836. The van der Waals surface area contributed by atoms with E-state index in [0.29, 0.717) is 28.5 Å². The molecule has 0 aliphatic heterocycles. The van der Waals surface area contributed by atoms with Crippen molar-refractivity contribution in [3.63, 3.8) is 0 Å². The fraction of sp³-hybridized carbons (Fsp3) is 0.526. The van der Waals surface area contributed by atoms with Crippen LogP contribution in [0.3, 0.4) is 0 Å². The van der Waals surface area contributed by atoms with E-state index in [9.17, 15) is 18.4 Å². The van der Waals surface area contributed by atoms with Gasteiger partial charge in [-0.25, -0.2) is 0 Å². The molecule has 0 radical (unpaired) electrons. The zero-order valence-electron chi connectivity index (χ0n) is 29.2. The molecule has 7 nitrogen and oxygen atoms in total. The lowest BCUT2D eigenvalue weighted by molar-refractivity contribution is -0.274. The summed E-state index contributed by atoms with van der Waals surface area (Å²) in [5.74, 6) is 1.89. The van der Waals surface area contributed by atoms with Crippen LogP contribution in [0.2, 0.25) is 0 Å². The average Bonchev–Trinajstić information content (AvgIpc) is 3.80. The van der Waals surface area contributed by atoms with Crippen LogP contribution in [0.15, 0.2) is 56.4 Å². The number of nitrogens with one attached hydrogen (secondary N) is 1. The third-order valence-electron chi connectivity index (χ3n) is 9.21. The number of benzene rings is 2. The van der Waals surface area contributed by atoms with Crippen molar-refractivity contribution < 1.29 is 31.9 Å². The van der Waals surface area contributed by atoms with Crippen LogP contribution in [0.1, 0.15) is 102 Å². The molecule has 4 unspecified atom stereocenters. The summed E-state index contributed by atoms with van der Waals surface area (Å²) in [4.78, 5) is 0.981. The second-order valence-electron chi connectivity index (χ2n) is 13.7. The number of rotatable bonds is 13. The largest absolute Gasteiger partial charge is 0.573 e. The van der Waals surface area contributed by atoms with Crippen molar-refractivity contribution in [1.29, 1.82) is 5.26 Å². The molecule has 0 saturated heterocycles. The van der Waals surface area contributed by atoms with Gasteiger partial charge in [0.05, 0.1) is 35.5 Å². The number of thioether (sulfide) groups is 1. The fourth-order valence-electron chi connectivity index (χ4n) is 6.59. The summed E-state index contributed by atoms with van der Waals surface area (Å²) >= 11 is 1.63. The molecular weight excluding hydrogens is 651 g/mol. The molecule has 0 amide bonds. The molecule has 0 spiro atoms. The Morgan fingerprint density at radius 2 is 1.88 bits per heavy atom. The molecule has 2 saturated carbocycles. The third-order valence-corrected chi connectivity index (χ3v) is 10.6. The first-order chi connectivity index (χ1) is 23.3. The highest BCUT2D eigenvalue weighted by Gasteiger charge is 2.38. The zero-order valence-corrected chi connectivity index (χ0v) is 30.1. The lowest BCUT2D eigenvalue weighted by atomic mass is 9.75. The van der Waals surface area contributed by atoms with Crippen molar-refractivity contribution in [2.45, 2.75) is 123 Å². The number of hydrogen-bond donors (Lipinski definition) is 1. The van der Waals surface area contributed by atoms with Gasteiger partial charge in [-0.05, 0) is 102 Å². The molecule has 11 heteroatoms. The predicted molar refractivity (Wildman–Crippen MR) is 184 cm³/mol. The minimum atomic E-state index is -4.83. The Balaban J connectivity index is 1.31. The number of halogens is 3.